The number of hydrogen-bond donors (Lipinski definition) is 2. The van der Waals surface area contributed by atoms with Gasteiger partial charge >= 0.3 is 5.97 Å². The van der Waals surface area contributed by atoms with Crippen LogP contribution >= 0.6 is 11.3 Å². The van der Waals surface area contributed by atoms with Gasteiger partial charge < -0.3 is 15.4 Å². The maximum absolute atomic E-state index is 11.2. The zero-order chi connectivity index (χ0) is 14.6. The van der Waals surface area contributed by atoms with Gasteiger partial charge in [-0.2, -0.15) is 0 Å². The molecule has 0 aromatic carbocycles. The predicted octanol–water partition coefficient (Wildman–Crippen LogP) is 1.80. The van der Waals surface area contributed by atoms with E-state index in [1.165, 1.54) is 4.88 Å². The van der Waals surface area contributed by atoms with Gasteiger partial charge in [-0.15, -0.1) is 11.3 Å². The Labute approximate surface area is 124 Å². The number of hydrogen-bond acceptors (Lipinski definition) is 4. The summed E-state index contributed by atoms with van der Waals surface area (Å²) in [6, 6.07) is 4.18. The van der Waals surface area contributed by atoms with E-state index in [0.29, 0.717) is 19.6 Å². The maximum Gasteiger partial charge on any atom is 0.305 e. The Kier molecular flexibility index (Phi) is 8.46. The molecule has 0 saturated heterocycles. The van der Waals surface area contributed by atoms with Crippen molar-refractivity contribution in [2.24, 2.45) is 4.99 Å². The topological polar surface area (TPSA) is 62.7 Å². The normalized spacial score (nSPS) is 11.2. The van der Waals surface area contributed by atoms with Crippen molar-refractivity contribution in [3.63, 3.8) is 0 Å². The van der Waals surface area contributed by atoms with Crippen LogP contribution in [0.2, 0.25) is 0 Å². The number of thiophene rings is 1. The Bertz CT molecular complexity index is 405. The maximum atomic E-state index is 11.2. The van der Waals surface area contributed by atoms with E-state index in [4.69, 9.17) is 4.74 Å². The summed E-state index contributed by atoms with van der Waals surface area (Å²) < 4.78 is 4.87. The van der Waals surface area contributed by atoms with E-state index < -0.39 is 0 Å². The SMILES string of the molecule is CCOC(=O)CCCNC(=NC)NCCc1cccs1. The molecule has 0 aliphatic rings. The van der Waals surface area contributed by atoms with Crippen molar-refractivity contribution in [2.45, 2.75) is 26.2 Å². The molecule has 112 valence electrons. The molecule has 0 atom stereocenters. The Morgan fingerprint density at radius 1 is 1.40 bits per heavy atom. The fraction of sp³-hybridized carbons (Fsp3) is 0.571. The van der Waals surface area contributed by atoms with Crippen LogP contribution in [0.4, 0.5) is 0 Å². The first-order chi connectivity index (χ1) is 9.76. The highest BCUT2D eigenvalue weighted by atomic mass is 32.1. The number of carbonyl (C=O) groups is 1. The van der Waals surface area contributed by atoms with E-state index in [9.17, 15) is 4.79 Å². The molecule has 0 spiro atoms. The summed E-state index contributed by atoms with van der Waals surface area (Å²) >= 11 is 1.76. The lowest BCUT2D eigenvalue weighted by atomic mass is 10.3. The average Bonchev–Trinajstić information content (AvgIpc) is 2.95. The first-order valence-corrected chi connectivity index (χ1v) is 7.76. The number of guanidine groups is 1. The summed E-state index contributed by atoms with van der Waals surface area (Å²) in [6.07, 6.45) is 2.17. The zero-order valence-corrected chi connectivity index (χ0v) is 13.0. The van der Waals surface area contributed by atoms with Gasteiger partial charge in [0.25, 0.3) is 0 Å². The van der Waals surface area contributed by atoms with Gasteiger partial charge in [-0.25, -0.2) is 0 Å². The zero-order valence-electron chi connectivity index (χ0n) is 12.1. The minimum atomic E-state index is -0.144. The van der Waals surface area contributed by atoms with Crippen LogP contribution in [0.3, 0.4) is 0 Å². The van der Waals surface area contributed by atoms with Gasteiger partial charge in [0, 0.05) is 31.4 Å². The number of nitrogens with one attached hydrogen (secondary N) is 2. The second-order valence-electron chi connectivity index (χ2n) is 4.16. The predicted molar refractivity (Wildman–Crippen MR) is 83.3 cm³/mol. The number of ether oxygens (including phenoxy) is 1. The largest absolute Gasteiger partial charge is 0.466 e. The Morgan fingerprint density at radius 2 is 2.20 bits per heavy atom. The number of rotatable bonds is 8. The van der Waals surface area contributed by atoms with Crippen molar-refractivity contribution >= 4 is 23.3 Å². The van der Waals surface area contributed by atoms with Crippen LogP contribution in [0, 0.1) is 0 Å². The monoisotopic (exact) mass is 297 g/mol. The van der Waals surface area contributed by atoms with Gasteiger partial charge in [-0.05, 0) is 31.2 Å². The van der Waals surface area contributed by atoms with Gasteiger partial charge in [0.2, 0.25) is 0 Å². The summed E-state index contributed by atoms with van der Waals surface area (Å²) in [5.74, 6) is 0.625. The molecule has 2 N–H and O–H groups in total. The summed E-state index contributed by atoms with van der Waals surface area (Å²) in [5.41, 5.74) is 0. The van der Waals surface area contributed by atoms with Crippen LogP contribution in [-0.2, 0) is 16.0 Å². The lowest BCUT2D eigenvalue weighted by Crippen LogP contribution is -2.38. The van der Waals surface area contributed by atoms with Crippen LogP contribution in [-0.4, -0.2) is 38.7 Å². The molecule has 0 bridgehead atoms. The van der Waals surface area contributed by atoms with Gasteiger partial charge in [0.05, 0.1) is 6.61 Å². The Morgan fingerprint density at radius 3 is 2.85 bits per heavy atom. The molecule has 0 saturated carbocycles. The molecule has 1 aromatic heterocycles. The van der Waals surface area contributed by atoms with E-state index in [-0.39, 0.29) is 5.97 Å². The second kappa shape index (κ2) is 10.3. The lowest BCUT2D eigenvalue weighted by Gasteiger charge is -2.11. The highest BCUT2D eigenvalue weighted by molar-refractivity contribution is 7.09. The molecule has 0 aliphatic carbocycles. The first kappa shape index (κ1) is 16.5. The molecule has 5 nitrogen and oxygen atoms in total. The average molecular weight is 297 g/mol. The molecule has 0 aliphatic heterocycles. The molecule has 0 fully saturated rings. The van der Waals surface area contributed by atoms with Crippen LogP contribution < -0.4 is 10.6 Å². The van der Waals surface area contributed by atoms with Crippen LogP contribution in [0.1, 0.15) is 24.6 Å². The molecule has 20 heavy (non-hydrogen) atoms. The molecule has 1 rings (SSSR count). The third kappa shape index (κ3) is 7.13. The molecule has 1 aromatic rings. The van der Waals surface area contributed by atoms with E-state index in [0.717, 1.165) is 25.3 Å². The van der Waals surface area contributed by atoms with E-state index in [1.54, 1.807) is 18.4 Å². The van der Waals surface area contributed by atoms with Crippen molar-refractivity contribution in [1.29, 1.82) is 0 Å². The fourth-order valence-corrected chi connectivity index (χ4v) is 2.36. The van der Waals surface area contributed by atoms with Gasteiger partial charge in [0.1, 0.15) is 0 Å². The van der Waals surface area contributed by atoms with E-state index >= 15 is 0 Å². The molecule has 0 amide bonds. The summed E-state index contributed by atoms with van der Waals surface area (Å²) in [4.78, 5) is 16.7. The van der Waals surface area contributed by atoms with Crippen LogP contribution in [0.25, 0.3) is 0 Å². The number of carbonyl (C=O) groups excluding carboxylic acids is 1. The molecule has 0 unspecified atom stereocenters. The first-order valence-electron chi connectivity index (χ1n) is 6.88. The van der Waals surface area contributed by atoms with Crippen molar-refractivity contribution in [2.75, 3.05) is 26.7 Å². The number of aliphatic imine (C=N–C) groups is 1. The Balaban J connectivity index is 2.09. The molecule has 1 heterocycles. The minimum absolute atomic E-state index is 0.144. The fourth-order valence-electron chi connectivity index (χ4n) is 1.65. The summed E-state index contributed by atoms with van der Waals surface area (Å²) in [7, 11) is 1.74. The Hall–Kier alpha value is -1.56. The van der Waals surface area contributed by atoms with Gasteiger partial charge in [0.15, 0.2) is 5.96 Å². The second-order valence-corrected chi connectivity index (χ2v) is 5.20. The standard InChI is InChI=1S/C14H23N3O2S/c1-3-19-13(18)7-4-9-16-14(15-2)17-10-8-12-6-5-11-20-12/h5-6,11H,3-4,7-10H2,1-2H3,(H2,15,16,17). The van der Waals surface area contributed by atoms with Crippen molar-refractivity contribution in [1.82, 2.24) is 10.6 Å². The van der Waals surface area contributed by atoms with Crippen LogP contribution in [0.15, 0.2) is 22.5 Å². The quantitative estimate of drug-likeness (QED) is 0.332. The third-order valence-corrected chi connectivity index (χ3v) is 3.56. The summed E-state index contributed by atoms with van der Waals surface area (Å²) in [6.45, 7) is 3.81. The number of nitrogens with zero attached hydrogens (tertiary/aromatic N) is 1. The summed E-state index contributed by atoms with van der Waals surface area (Å²) in [5, 5.41) is 8.51. The minimum Gasteiger partial charge on any atom is -0.466 e. The number of esters is 1. The van der Waals surface area contributed by atoms with Gasteiger partial charge in [-0.3, -0.25) is 9.79 Å². The van der Waals surface area contributed by atoms with Crippen molar-refractivity contribution in [3.8, 4) is 0 Å². The highest BCUT2D eigenvalue weighted by Gasteiger charge is 2.02. The lowest BCUT2D eigenvalue weighted by molar-refractivity contribution is -0.143. The molecular weight excluding hydrogens is 274 g/mol. The molecular formula is C14H23N3O2S. The van der Waals surface area contributed by atoms with Crippen LogP contribution in [0.5, 0.6) is 0 Å². The van der Waals surface area contributed by atoms with Gasteiger partial charge in [-0.1, -0.05) is 6.07 Å². The molecule has 6 heteroatoms. The third-order valence-electron chi connectivity index (χ3n) is 2.62. The smallest absolute Gasteiger partial charge is 0.305 e. The molecule has 0 radical (unpaired) electrons. The van der Waals surface area contributed by atoms with Crippen molar-refractivity contribution in [3.05, 3.63) is 22.4 Å². The van der Waals surface area contributed by atoms with E-state index in [1.807, 2.05) is 6.92 Å². The van der Waals surface area contributed by atoms with Crippen molar-refractivity contribution < 1.29 is 9.53 Å². The highest BCUT2D eigenvalue weighted by Crippen LogP contribution is 2.07. The van der Waals surface area contributed by atoms with E-state index in [2.05, 4.69) is 33.1 Å².